The van der Waals surface area contributed by atoms with Crippen molar-refractivity contribution < 1.29 is 4.74 Å². The second-order valence-corrected chi connectivity index (χ2v) is 11.5. The maximum absolute atomic E-state index is 6.35. The summed E-state index contributed by atoms with van der Waals surface area (Å²) in [5, 5.41) is 6.15. The van der Waals surface area contributed by atoms with Gasteiger partial charge in [0.25, 0.3) is 0 Å². The molecule has 0 amide bonds. The minimum atomic E-state index is 0.870. The van der Waals surface area contributed by atoms with Gasteiger partial charge in [0, 0.05) is 39.0 Å². The molecule has 0 saturated carbocycles. The summed E-state index contributed by atoms with van der Waals surface area (Å²) in [6.07, 6.45) is 0. The van der Waals surface area contributed by atoms with Gasteiger partial charge in [0.05, 0.1) is 11.0 Å². The Balaban J connectivity index is 1.06. The zero-order valence-electron chi connectivity index (χ0n) is 24.4. The molecule has 3 heteroatoms. The summed E-state index contributed by atoms with van der Waals surface area (Å²) >= 11 is 0. The number of para-hydroxylation sites is 4. The Hall–Kier alpha value is -6.06. The highest BCUT2D eigenvalue weighted by Gasteiger charge is 2.20. The Labute approximate surface area is 261 Å². The van der Waals surface area contributed by atoms with E-state index in [-0.39, 0.29) is 0 Å². The minimum Gasteiger partial charge on any atom is -0.456 e. The molecular weight excluding hydrogens is 548 g/mol. The van der Waals surface area contributed by atoms with Crippen LogP contribution in [0.1, 0.15) is 0 Å². The van der Waals surface area contributed by atoms with E-state index in [1.165, 1.54) is 44.2 Å². The van der Waals surface area contributed by atoms with Crippen LogP contribution in [0.15, 0.2) is 164 Å². The highest BCUT2D eigenvalue weighted by atomic mass is 16.5. The molecule has 1 aliphatic heterocycles. The van der Waals surface area contributed by atoms with Gasteiger partial charge < -0.3 is 14.6 Å². The molecule has 8 aromatic rings. The average Bonchev–Trinajstić information content (AvgIpc) is 3.35. The number of benzene rings is 7. The van der Waals surface area contributed by atoms with Crippen LogP contribution in [0.25, 0.3) is 60.9 Å². The minimum absolute atomic E-state index is 0.870. The van der Waals surface area contributed by atoms with E-state index < -0.39 is 0 Å². The smallest absolute Gasteiger partial charge is 0.135 e. The molecule has 0 unspecified atom stereocenters. The van der Waals surface area contributed by atoms with Crippen molar-refractivity contribution >= 4 is 33.2 Å². The zero-order valence-corrected chi connectivity index (χ0v) is 24.4. The van der Waals surface area contributed by atoms with Crippen molar-refractivity contribution in [2.75, 3.05) is 5.32 Å². The van der Waals surface area contributed by atoms with Crippen LogP contribution in [0.4, 0.5) is 11.4 Å². The van der Waals surface area contributed by atoms with Gasteiger partial charge in [-0.15, -0.1) is 0 Å². The fourth-order valence-electron chi connectivity index (χ4n) is 6.67. The lowest BCUT2D eigenvalue weighted by atomic mass is 9.94. The normalized spacial score (nSPS) is 11.7. The fraction of sp³-hybridized carbons (Fsp3) is 0. The first-order chi connectivity index (χ1) is 22.3. The van der Waals surface area contributed by atoms with E-state index in [2.05, 4.69) is 149 Å². The van der Waals surface area contributed by atoms with Gasteiger partial charge in [-0.25, -0.2) is 0 Å². The van der Waals surface area contributed by atoms with Crippen LogP contribution in [-0.4, -0.2) is 4.57 Å². The van der Waals surface area contributed by atoms with E-state index in [0.717, 1.165) is 39.6 Å². The molecule has 45 heavy (non-hydrogen) atoms. The quantitative estimate of drug-likeness (QED) is 0.226. The van der Waals surface area contributed by atoms with Gasteiger partial charge in [-0.2, -0.15) is 0 Å². The first kappa shape index (κ1) is 25.4. The number of aromatic nitrogens is 1. The van der Waals surface area contributed by atoms with Crippen molar-refractivity contribution in [3.8, 4) is 50.6 Å². The number of hydrogen-bond acceptors (Lipinski definition) is 2. The lowest BCUT2D eigenvalue weighted by Crippen LogP contribution is -1.93. The standard InChI is InChI=1S/C42H28N2O/c1-2-10-32(11-3-1)44-39-15-7-4-12-34(39)38-26-29(20-25-40(38)44)28-18-21-30(22-19-28)43-31-23-24-33-35-13-5-8-16-41(35)45-42-17-9-6-14-36(42)37(33)27-31/h1-27,43H. The Morgan fingerprint density at radius 1 is 0.400 bits per heavy atom. The second kappa shape index (κ2) is 10.3. The van der Waals surface area contributed by atoms with Crippen LogP contribution < -0.4 is 10.1 Å². The summed E-state index contributed by atoms with van der Waals surface area (Å²) in [6, 6.07) is 57.8. The molecular formula is C42H28N2O. The Kier molecular flexibility index (Phi) is 5.82. The van der Waals surface area contributed by atoms with Gasteiger partial charge in [-0.05, 0) is 89.0 Å². The lowest BCUT2D eigenvalue weighted by Gasteiger charge is -2.13. The third kappa shape index (κ3) is 4.29. The highest BCUT2D eigenvalue weighted by molar-refractivity contribution is 6.10. The molecule has 9 rings (SSSR count). The predicted octanol–water partition coefficient (Wildman–Crippen LogP) is 11.6. The topological polar surface area (TPSA) is 26.2 Å². The van der Waals surface area contributed by atoms with Gasteiger partial charge in [-0.3, -0.25) is 0 Å². The van der Waals surface area contributed by atoms with Crippen LogP contribution in [-0.2, 0) is 0 Å². The molecule has 0 saturated heterocycles. The van der Waals surface area contributed by atoms with E-state index in [9.17, 15) is 0 Å². The zero-order chi connectivity index (χ0) is 29.7. The predicted molar refractivity (Wildman–Crippen MR) is 187 cm³/mol. The van der Waals surface area contributed by atoms with Crippen molar-refractivity contribution in [2.45, 2.75) is 0 Å². The van der Waals surface area contributed by atoms with Crippen LogP contribution in [0.2, 0.25) is 0 Å². The molecule has 0 aliphatic carbocycles. The van der Waals surface area contributed by atoms with Crippen LogP contribution in [0.3, 0.4) is 0 Å². The van der Waals surface area contributed by atoms with E-state index in [4.69, 9.17) is 4.74 Å². The molecule has 0 fully saturated rings. The largest absolute Gasteiger partial charge is 0.456 e. The first-order valence-corrected chi connectivity index (χ1v) is 15.3. The van der Waals surface area contributed by atoms with E-state index in [1.807, 2.05) is 24.3 Å². The molecule has 1 aromatic heterocycles. The lowest BCUT2D eigenvalue weighted by molar-refractivity contribution is 0.488. The van der Waals surface area contributed by atoms with Crippen molar-refractivity contribution in [1.29, 1.82) is 0 Å². The molecule has 0 spiro atoms. The maximum atomic E-state index is 6.35. The Bertz CT molecular complexity index is 2370. The van der Waals surface area contributed by atoms with Gasteiger partial charge in [0.15, 0.2) is 0 Å². The van der Waals surface area contributed by atoms with Gasteiger partial charge in [-0.1, -0.05) is 97.1 Å². The number of anilines is 2. The number of nitrogens with one attached hydrogen (secondary N) is 1. The Morgan fingerprint density at radius 2 is 1.02 bits per heavy atom. The summed E-state index contributed by atoms with van der Waals surface area (Å²) in [4.78, 5) is 0. The summed E-state index contributed by atoms with van der Waals surface area (Å²) in [7, 11) is 0. The molecule has 212 valence electrons. The monoisotopic (exact) mass is 576 g/mol. The fourth-order valence-corrected chi connectivity index (χ4v) is 6.67. The van der Waals surface area contributed by atoms with Crippen LogP contribution >= 0.6 is 0 Å². The molecule has 2 heterocycles. The summed E-state index contributed by atoms with van der Waals surface area (Å²) in [5.74, 6) is 1.75. The molecule has 0 radical (unpaired) electrons. The van der Waals surface area contributed by atoms with Crippen molar-refractivity contribution in [2.24, 2.45) is 0 Å². The molecule has 1 N–H and O–H groups in total. The third-order valence-corrected chi connectivity index (χ3v) is 8.79. The Morgan fingerprint density at radius 3 is 1.82 bits per heavy atom. The van der Waals surface area contributed by atoms with Gasteiger partial charge in [0.1, 0.15) is 11.5 Å². The number of hydrogen-bond donors (Lipinski definition) is 1. The number of ether oxygens (including phenoxy) is 1. The SMILES string of the molecule is c1ccc(-n2c3ccccc3c3cc(-c4ccc(Nc5ccc6c(c5)-c5ccccc5Oc5ccccc5-6)cc4)ccc32)cc1. The van der Waals surface area contributed by atoms with E-state index in [1.54, 1.807) is 0 Å². The van der Waals surface area contributed by atoms with E-state index >= 15 is 0 Å². The molecule has 3 nitrogen and oxygen atoms in total. The van der Waals surface area contributed by atoms with Crippen LogP contribution in [0, 0.1) is 0 Å². The number of fused-ring (bicyclic) bond motifs is 8. The van der Waals surface area contributed by atoms with Crippen LogP contribution in [0.5, 0.6) is 11.5 Å². The maximum Gasteiger partial charge on any atom is 0.135 e. The molecule has 0 bridgehead atoms. The second-order valence-electron chi connectivity index (χ2n) is 11.5. The number of rotatable bonds is 4. The van der Waals surface area contributed by atoms with Crippen molar-refractivity contribution in [1.82, 2.24) is 4.57 Å². The van der Waals surface area contributed by atoms with E-state index in [0.29, 0.717) is 0 Å². The summed E-state index contributed by atoms with van der Waals surface area (Å²) in [6.45, 7) is 0. The molecule has 7 aromatic carbocycles. The summed E-state index contributed by atoms with van der Waals surface area (Å²) < 4.78 is 8.70. The van der Waals surface area contributed by atoms with Gasteiger partial charge >= 0.3 is 0 Å². The average molecular weight is 577 g/mol. The first-order valence-electron chi connectivity index (χ1n) is 15.3. The number of nitrogens with zero attached hydrogens (tertiary/aromatic N) is 1. The molecule has 0 atom stereocenters. The third-order valence-electron chi connectivity index (χ3n) is 8.79. The van der Waals surface area contributed by atoms with Gasteiger partial charge in [0.2, 0.25) is 0 Å². The van der Waals surface area contributed by atoms with Crippen molar-refractivity contribution in [3.63, 3.8) is 0 Å². The molecule has 1 aliphatic rings. The highest BCUT2D eigenvalue weighted by Crippen LogP contribution is 2.47. The summed E-state index contributed by atoms with van der Waals surface area (Å²) in [5.41, 5.74) is 12.6. The van der Waals surface area contributed by atoms with Crippen molar-refractivity contribution in [3.05, 3.63) is 164 Å².